The maximum Gasteiger partial charge on any atom is 0.132 e. The van der Waals surface area contributed by atoms with Crippen LogP contribution in [0.4, 0.5) is 10.1 Å². The van der Waals surface area contributed by atoms with Crippen LogP contribution in [0.15, 0.2) is 36.4 Å². The second kappa shape index (κ2) is 5.85. The third-order valence-corrected chi connectivity index (χ3v) is 3.38. The van der Waals surface area contributed by atoms with E-state index in [0.29, 0.717) is 17.5 Å². The van der Waals surface area contributed by atoms with E-state index in [0.717, 1.165) is 23.2 Å². The Morgan fingerprint density at radius 2 is 1.74 bits per heavy atom. The fourth-order valence-electron chi connectivity index (χ4n) is 2.12. The first-order valence-corrected chi connectivity index (χ1v) is 6.34. The number of aryl methyl sites for hydroxylation is 3. The van der Waals surface area contributed by atoms with Gasteiger partial charge in [0.05, 0.1) is 6.61 Å². The molecule has 0 spiro atoms. The van der Waals surface area contributed by atoms with E-state index in [2.05, 4.69) is 0 Å². The number of anilines is 1. The van der Waals surface area contributed by atoms with Crippen molar-refractivity contribution < 1.29 is 9.50 Å². The van der Waals surface area contributed by atoms with Gasteiger partial charge >= 0.3 is 0 Å². The van der Waals surface area contributed by atoms with Crippen molar-refractivity contribution in [2.45, 2.75) is 26.4 Å². The summed E-state index contributed by atoms with van der Waals surface area (Å²) < 4.78 is 14.1. The summed E-state index contributed by atoms with van der Waals surface area (Å²) in [5, 5.41) is 9.19. The zero-order valence-corrected chi connectivity index (χ0v) is 11.0. The molecule has 100 valence electrons. The van der Waals surface area contributed by atoms with Crippen molar-refractivity contribution >= 4 is 5.69 Å². The lowest BCUT2D eigenvalue weighted by Gasteiger charge is -2.10. The molecular formula is C16H18FNO. The lowest BCUT2D eigenvalue weighted by Crippen LogP contribution is -2.01. The third kappa shape index (κ3) is 3.12. The number of hydrogen-bond donors (Lipinski definition) is 2. The number of aliphatic hydroxyl groups excluding tert-OH is 1. The van der Waals surface area contributed by atoms with Crippen molar-refractivity contribution in [2.75, 3.05) is 5.73 Å². The molecule has 0 atom stereocenters. The molecule has 0 saturated carbocycles. The van der Waals surface area contributed by atoms with Gasteiger partial charge in [0.15, 0.2) is 0 Å². The number of nitrogens with two attached hydrogens (primary N) is 1. The summed E-state index contributed by atoms with van der Waals surface area (Å²) in [6.07, 6.45) is 1.37. The smallest absolute Gasteiger partial charge is 0.132 e. The van der Waals surface area contributed by atoms with Gasteiger partial charge in [0.2, 0.25) is 0 Å². The van der Waals surface area contributed by atoms with Crippen LogP contribution < -0.4 is 5.73 Å². The van der Waals surface area contributed by atoms with Gasteiger partial charge in [-0.1, -0.05) is 24.3 Å². The van der Waals surface area contributed by atoms with E-state index in [1.54, 1.807) is 13.0 Å². The zero-order chi connectivity index (χ0) is 13.8. The van der Waals surface area contributed by atoms with Crippen LogP contribution in [-0.2, 0) is 19.4 Å². The Bertz CT molecular complexity index is 564. The summed E-state index contributed by atoms with van der Waals surface area (Å²) in [5.74, 6) is -0.280. The molecule has 0 aliphatic heterocycles. The predicted molar refractivity (Wildman–Crippen MR) is 75.3 cm³/mol. The topological polar surface area (TPSA) is 46.2 Å². The number of hydrogen-bond acceptors (Lipinski definition) is 2. The van der Waals surface area contributed by atoms with Crippen molar-refractivity contribution in [3.63, 3.8) is 0 Å². The summed E-state index contributed by atoms with van der Waals surface area (Å²) in [6, 6.07) is 11.2. The summed E-state index contributed by atoms with van der Waals surface area (Å²) in [5.41, 5.74) is 9.31. The van der Waals surface area contributed by atoms with Crippen LogP contribution in [0.2, 0.25) is 0 Å². The second-order valence-corrected chi connectivity index (χ2v) is 4.73. The Labute approximate surface area is 112 Å². The maximum atomic E-state index is 14.1. The Morgan fingerprint density at radius 3 is 2.37 bits per heavy atom. The van der Waals surface area contributed by atoms with Crippen LogP contribution in [0.25, 0.3) is 0 Å². The molecule has 0 aliphatic carbocycles. The minimum Gasteiger partial charge on any atom is -0.399 e. The quantitative estimate of drug-likeness (QED) is 0.829. The number of nitrogen functional groups attached to an aromatic ring is 1. The molecule has 19 heavy (non-hydrogen) atoms. The van der Waals surface area contributed by atoms with Gasteiger partial charge in [0.25, 0.3) is 0 Å². The highest BCUT2D eigenvalue weighted by molar-refractivity contribution is 5.39. The van der Waals surface area contributed by atoms with Gasteiger partial charge in [-0.25, -0.2) is 4.39 Å². The average Bonchev–Trinajstić information content (AvgIpc) is 2.40. The molecule has 0 amide bonds. The molecule has 0 radical (unpaired) electrons. The van der Waals surface area contributed by atoms with Gasteiger partial charge in [-0.2, -0.15) is 0 Å². The molecule has 0 bridgehead atoms. The van der Waals surface area contributed by atoms with Crippen molar-refractivity contribution in [3.05, 3.63) is 64.5 Å². The van der Waals surface area contributed by atoms with E-state index in [1.165, 1.54) is 0 Å². The molecule has 0 aromatic heterocycles. The molecule has 0 saturated heterocycles. The van der Waals surface area contributed by atoms with Crippen LogP contribution in [0.5, 0.6) is 0 Å². The van der Waals surface area contributed by atoms with Gasteiger partial charge in [-0.3, -0.25) is 0 Å². The van der Waals surface area contributed by atoms with Crippen LogP contribution in [0, 0.1) is 12.7 Å². The Balaban J connectivity index is 2.13. The minimum atomic E-state index is -0.280. The Morgan fingerprint density at radius 1 is 1.05 bits per heavy atom. The van der Waals surface area contributed by atoms with Gasteiger partial charge in [0.1, 0.15) is 5.82 Å². The summed E-state index contributed by atoms with van der Waals surface area (Å²) in [6.45, 7) is 1.55. The number of aliphatic hydroxyl groups is 1. The Hall–Kier alpha value is -1.87. The molecule has 2 nitrogen and oxygen atoms in total. The zero-order valence-electron chi connectivity index (χ0n) is 11.0. The highest BCUT2D eigenvalue weighted by Gasteiger charge is 2.10. The van der Waals surface area contributed by atoms with E-state index in [4.69, 9.17) is 5.73 Å². The molecule has 0 heterocycles. The molecular weight excluding hydrogens is 241 g/mol. The van der Waals surface area contributed by atoms with Crippen LogP contribution in [-0.4, -0.2) is 5.11 Å². The van der Waals surface area contributed by atoms with Crippen molar-refractivity contribution in [3.8, 4) is 0 Å². The highest BCUT2D eigenvalue weighted by Crippen LogP contribution is 2.19. The largest absolute Gasteiger partial charge is 0.399 e. The Kier molecular flexibility index (Phi) is 4.17. The molecule has 2 aromatic carbocycles. The SMILES string of the molecule is Cc1ccc(CCc2ccc(N)cc2)c(F)c1CO. The van der Waals surface area contributed by atoms with Gasteiger partial charge in [-0.05, 0) is 48.6 Å². The molecule has 3 heteroatoms. The maximum absolute atomic E-state index is 14.1. The molecule has 0 unspecified atom stereocenters. The summed E-state index contributed by atoms with van der Waals surface area (Å²) in [7, 11) is 0. The third-order valence-electron chi connectivity index (χ3n) is 3.38. The molecule has 3 N–H and O–H groups in total. The standard InChI is InChI=1S/C16H18FNO/c1-11-2-6-13(16(17)15(11)10-19)7-3-12-4-8-14(18)9-5-12/h2,4-6,8-9,19H,3,7,10,18H2,1H3. The van der Waals surface area contributed by atoms with Gasteiger partial charge in [0, 0.05) is 11.3 Å². The van der Waals surface area contributed by atoms with Crippen molar-refractivity contribution in [1.29, 1.82) is 0 Å². The van der Waals surface area contributed by atoms with Crippen molar-refractivity contribution in [1.82, 2.24) is 0 Å². The average molecular weight is 259 g/mol. The van der Waals surface area contributed by atoms with Crippen LogP contribution in [0.3, 0.4) is 0 Å². The van der Waals surface area contributed by atoms with E-state index in [9.17, 15) is 9.50 Å². The lowest BCUT2D eigenvalue weighted by atomic mass is 9.99. The van der Waals surface area contributed by atoms with Crippen LogP contribution >= 0.6 is 0 Å². The summed E-state index contributed by atoms with van der Waals surface area (Å²) >= 11 is 0. The monoisotopic (exact) mass is 259 g/mol. The first-order chi connectivity index (χ1) is 9.11. The van der Waals surface area contributed by atoms with E-state index < -0.39 is 0 Å². The molecule has 2 aromatic rings. The molecule has 0 aliphatic rings. The predicted octanol–water partition coefficient (Wildman–Crippen LogP) is 2.99. The van der Waals surface area contributed by atoms with Gasteiger partial charge in [-0.15, -0.1) is 0 Å². The number of halogens is 1. The normalized spacial score (nSPS) is 10.7. The molecule has 0 fully saturated rings. The fourth-order valence-corrected chi connectivity index (χ4v) is 2.12. The first-order valence-electron chi connectivity index (χ1n) is 6.34. The van der Waals surface area contributed by atoms with Crippen molar-refractivity contribution in [2.24, 2.45) is 0 Å². The lowest BCUT2D eigenvalue weighted by molar-refractivity contribution is 0.274. The molecule has 2 rings (SSSR count). The summed E-state index contributed by atoms with van der Waals surface area (Å²) in [4.78, 5) is 0. The van der Waals surface area contributed by atoms with Gasteiger partial charge < -0.3 is 10.8 Å². The van der Waals surface area contributed by atoms with Crippen LogP contribution in [0.1, 0.15) is 22.3 Å². The number of benzene rings is 2. The minimum absolute atomic E-state index is 0.257. The fraction of sp³-hybridized carbons (Fsp3) is 0.250. The van der Waals surface area contributed by atoms with E-state index >= 15 is 0 Å². The second-order valence-electron chi connectivity index (χ2n) is 4.73. The number of rotatable bonds is 4. The highest BCUT2D eigenvalue weighted by atomic mass is 19.1. The van der Waals surface area contributed by atoms with E-state index in [-0.39, 0.29) is 12.4 Å². The first kappa shape index (κ1) is 13.6. The van der Waals surface area contributed by atoms with E-state index in [1.807, 2.05) is 30.3 Å².